The van der Waals surface area contributed by atoms with Gasteiger partial charge in [-0.2, -0.15) is 23.5 Å². The van der Waals surface area contributed by atoms with Gasteiger partial charge in [-0.3, -0.25) is 4.21 Å². The van der Waals surface area contributed by atoms with Crippen molar-refractivity contribution in [2.24, 2.45) is 0 Å². The van der Waals surface area contributed by atoms with Crippen LogP contribution in [0.3, 0.4) is 0 Å². The van der Waals surface area contributed by atoms with Gasteiger partial charge in [-0.05, 0) is 29.8 Å². The number of allylic oxidation sites excluding steroid dienone is 1. The van der Waals surface area contributed by atoms with Crippen LogP contribution in [-0.4, -0.2) is 33.0 Å². The Morgan fingerprint density at radius 1 is 1.12 bits per heavy atom. The number of hydrogen-bond donors (Lipinski definition) is 0. The minimum absolute atomic E-state index is 0.603. The van der Waals surface area contributed by atoms with E-state index in [0.717, 1.165) is 12.2 Å². The minimum Gasteiger partial charge on any atom is -0.255 e. The third-order valence-electron chi connectivity index (χ3n) is 1.68. The van der Waals surface area contributed by atoms with Crippen molar-refractivity contribution < 1.29 is 4.21 Å². The van der Waals surface area contributed by atoms with E-state index < -0.39 is 10.8 Å². The lowest BCUT2D eigenvalue weighted by molar-refractivity contribution is 0.689. The van der Waals surface area contributed by atoms with Gasteiger partial charge in [-0.15, -0.1) is 0 Å². The highest BCUT2D eigenvalue weighted by atomic mass is 32.2. The van der Waals surface area contributed by atoms with Gasteiger partial charge in [0, 0.05) is 28.1 Å². The van der Waals surface area contributed by atoms with E-state index >= 15 is 0 Å². The first-order valence-electron chi connectivity index (χ1n) is 6.00. The largest absolute Gasteiger partial charge is 0.255 e. The molecule has 0 radical (unpaired) electrons. The average Bonchev–Trinajstić information content (AvgIpc) is 2.61. The van der Waals surface area contributed by atoms with Gasteiger partial charge in [0.2, 0.25) is 0 Å². The fourth-order valence-electron chi connectivity index (χ4n) is 1.01. The zero-order valence-electron chi connectivity index (χ0n) is 10.4. The Morgan fingerprint density at radius 3 is 2.00 bits per heavy atom. The van der Waals surface area contributed by atoms with Crippen LogP contribution in [-0.2, 0) is 10.8 Å². The lowest BCUT2D eigenvalue weighted by atomic mass is 10.5. The topological polar surface area (TPSA) is 17.1 Å². The molecule has 2 heterocycles. The molecule has 1 saturated heterocycles. The Bertz CT molecular complexity index is 173. The van der Waals surface area contributed by atoms with Crippen LogP contribution in [0.4, 0.5) is 0 Å². The highest BCUT2D eigenvalue weighted by molar-refractivity contribution is 8.03. The monoisotopic (exact) mass is 280 g/mol. The van der Waals surface area contributed by atoms with E-state index in [1.165, 1.54) is 35.9 Å². The Labute approximate surface area is 112 Å². The smallest absolute Gasteiger partial charge is 0.0455 e. The van der Waals surface area contributed by atoms with E-state index in [9.17, 15) is 4.21 Å². The third kappa shape index (κ3) is 12.7. The van der Waals surface area contributed by atoms with Crippen LogP contribution in [0.2, 0.25) is 0 Å². The number of thioether (sulfide) groups is 2. The molecule has 0 aromatic rings. The van der Waals surface area contributed by atoms with Gasteiger partial charge in [0.05, 0.1) is 0 Å². The molecule has 1 nitrogen and oxygen atoms in total. The third-order valence-corrected chi connectivity index (χ3v) is 5.22. The Kier molecular flexibility index (Phi) is 14.2. The SMILES string of the molecule is C1CSCCSC1.CCC.O=S1C=CCC1. The van der Waals surface area contributed by atoms with Crippen LogP contribution < -0.4 is 0 Å². The summed E-state index contributed by atoms with van der Waals surface area (Å²) in [6.45, 7) is 4.25. The maximum Gasteiger partial charge on any atom is 0.0455 e. The molecule has 16 heavy (non-hydrogen) atoms. The Balaban J connectivity index is 0.000000230. The van der Waals surface area contributed by atoms with Crippen LogP contribution in [0.15, 0.2) is 11.5 Å². The van der Waals surface area contributed by atoms with Gasteiger partial charge in [-0.1, -0.05) is 26.3 Å². The molecule has 1 unspecified atom stereocenters. The summed E-state index contributed by atoms with van der Waals surface area (Å²) in [4.78, 5) is 0. The summed E-state index contributed by atoms with van der Waals surface area (Å²) in [6.07, 6.45) is 5.64. The molecular weight excluding hydrogens is 256 g/mol. The van der Waals surface area contributed by atoms with Crippen LogP contribution in [0.25, 0.3) is 0 Å². The van der Waals surface area contributed by atoms with Crippen LogP contribution in [0.5, 0.6) is 0 Å². The molecule has 0 amide bonds. The first-order chi connectivity index (χ1) is 7.81. The molecule has 1 atom stereocenters. The average molecular weight is 281 g/mol. The molecule has 0 N–H and O–H groups in total. The van der Waals surface area contributed by atoms with Gasteiger partial charge in [0.1, 0.15) is 0 Å². The molecule has 2 aliphatic heterocycles. The summed E-state index contributed by atoms with van der Waals surface area (Å²) >= 11 is 4.19. The fourth-order valence-corrected chi connectivity index (χ4v) is 4.10. The molecule has 0 bridgehead atoms. The minimum atomic E-state index is -0.603. The van der Waals surface area contributed by atoms with Crippen molar-refractivity contribution in [1.82, 2.24) is 0 Å². The second kappa shape index (κ2) is 13.7. The van der Waals surface area contributed by atoms with Gasteiger partial charge in [0.25, 0.3) is 0 Å². The van der Waals surface area contributed by atoms with Crippen LogP contribution in [0.1, 0.15) is 33.1 Å². The van der Waals surface area contributed by atoms with Crippen LogP contribution in [0, 0.1) is 0 Å². The van der Waals surface area contributed by atoms with Crippen molar-refractivity contribution in [2.75, 3.05) is 28.8 Å². The van der Waals surface area contributed by atoms with E-state index in [4.69, 9.17) is 0 Å². The first-order valence-corrected chi connectivity index (χ1v) is 9.69. The lowest BCUT2D eigenvalue weighted by Crippen LogP contribution is -1.80. The normalized spacial score (nSPS) is 23.5. The lowest BCUT2D eigenvalue weighted by Gasteiger charge is -1.86. The van der Waals surface area contributed by atoms with Gasteiger partial charge in [0.15, 0.2) is 0 Å². The fraction of sp³-hybridized carbons (Fsp3) is 0.833. The highest BCUT2D eigenvalue weighted by Gasteiger charge is 1.96. The van der Waals surface area contributed by atoms with E-state index in [0.29, 0.717) is 0 Å². The van der Waals surface area contributed by atoms with E-state index in [-0.39, 0.29) is 0 Å². The molecule has 2 aliphatic rings. The summed E-state index contributed by atoms with van der Waals surface area (Å²) < 4.78 is 10.3. The zero-order valence-corrected chi connectivity index (χ0v) is 12.9. The number of hydrogen-bond acceptors (Lipinski definition) is 3. The van der Waals surface area contributed by atoms with E-state index in [1.54, 1.807) is 5.41 Å². The standard InChI is InChI=1S/C5H10S2.C4H6OS.C3H8/c1-2-6-4-5-7-3-1;5-6-3-1-2-4-6;1-3-2/h1-5H2;1,3H,2,4H2;3H2,1-2H3. The summed E-state index contributed by atoms with van der Waals surface area (Å²) in [5.74, 6) is 6.40. The molecule has 2 rings (SSSR count). The van der Waals surface area contributed by atoms with Crippen molar-refractivity contribution in [2.45, 2.75) is 33.1 Å². The van der Waals surface area contributed by atoms with Gasteiger partial charge in [-0.25, -0.2) is 0 Å². The summed E-state index contributed by atoms with van der Waals surface area (Å²) in [5, 5.41) is 1.75. The maximum atomic E-state index is 10.3. The number of rotatable bonds is 0. The quantitative estimate of drug-likeness (QED) is 0.669. The molecule has 0 aromatic carbocycles. The first kappa shape index (κ1) is 16.6. The van der Waals surface area contributed by atoms with Crippen LogP contribution >= 0.6 is 23.5 Å². The molecule has 0 saturated carbocycles. The molecule has 4 heteroatoms. The van der Waals surface area contributed by atoms with E-state index in [2.05, 4.69) is 37.4 Å². The molecule has 0 aromatic heterocycles. The molecule has 0 spiro atoms. The predicted octanol–water partition coefficient (Wildman–Crippen LogP) is 3.93. The van der Waals surface area contributed by atoms with Crippen molar-refractivity contribution in [3.63, 3.8) is 0 Å². The summed E-state index contributed by atoms with van der Waals surface area (Å²) in [6, 6.07) is 0. The van der Waals surface area contributed by atoms with Crippen molar-refractivity contribution in [3.8, 4) is 0 Å². The molecule has 96 valence electrons. The molecule has 0 aliphatic carbocycles. The maximum absolute atomic E-state index is 10.3. The summed E-state index contributed by atoms with van der Waals surface area (Å²) in [5.41, 5.74) is 0. The zero-order chi connectivity index (χ0) is 12.1. The predicted molar refractivity (Wildman–Crippen MR) is 82.0 cm³/mol. The van der Waals surface area contributed by atoms with Crippen molar-refractivity contribution in [3.05, 3.63) is 11.5 Å². The summed E-state index contributed by atoms with van der Waals surface area (Å²) in [7, 11) is -0.603. The van der Waals surface area contributed by atoms with Gasteiger partial charge >= 0.3 is 0 Å². The molecular formula is C12H24OS3. The van der Waals surface area contributed by atoms with Crippen molar-refractivity contribution in [1.29, 1.82) is 0 Å². The highest BCUT2D eigenvalue weighted by Crippen LogP contribution is 2.14. The Hall–Kier alpha value is 0.590. The second-order valence-electron chi connectivity index (χ2n) is 3.53. The van der Waals surface area contributed by atoms with Gasteiger partial charge < -0.3 is 0 Å². The second-order valence-corrected chi connectivity index (χ2v) is 7.42. The van der Waals surface area contributed by atoms with Crippen molar-refractivity contribution >= 4 is 34.3 Å². The Morgan fingerprint density at radius 2 is 1.69 bits per heavy atom. The molecule has 1 fully saturated rings. The van der Waals surface area contributed by atoms with E-state index in [1.807, 2.05) is 6.08 Å².